The van der Waals surface area contributed by atoms with E-state index in [1.165, 1.54) is 12.1 Å². The summed E-state index contributed by atoms with van der Waals surface area (Å²) in [6.07, 6.45) is 0.911. The lowest BCUT2D eigenvalue weighted by Crippen LogP contribution is -2.56. The van der Waals surface area contributed by atoms with Crippen molar-refractivity contribution in [3.05, 3.63) is 90.2 Å². The highest BCUT2D eigenvalue weighted by Crippen LogP contribution is 2.30. The normalized spacial score (nSPS) is 14.6. The van der Waals surface area contributed by atoms with Gasteiger partial charge in [0.15, 0.2) is 9.84 Å². The number of rotatable bonds is 5. The smallest absolute Gasteiger partial charge is 0.222 e. The molecule has 1 heterocycles. The maximum Gasteiger partial charge on any atom is 0.222 e. The van der Waals surface area contributed by atoms with Crippen LogP contribution in [0.2, 0.25) is 0 Å². The SMILES string of the molecule is O=C(CCc1c2ccccc2cc2ccccc12)N1CC(S(=O)(=O)c2ccc(F)cc2)C1. The first-order valence-electron chi connectivity index (χ1n) is 10.6. The van der Waals surface area contributed by atoms with E-state index in [9.17, 15) is 17.6 Å². The number of sulfone groups is 1. The van der Waals surface area contributed by atoms with Gasteiger partial charge < -0.3 is 4.90 Å². The Morgan fingerprint density at radius 3 is 2.03 bits per heavy atom. The fourth-order valence-corrected chi connectivity index (χ4v) is 6.07. The standard InChI is InChI=1S/C26H22FNO3S/c27-20-9-11-21(12-10-20)32(30,31)22-16-28(17-22)26(29)14-13-25-23-7-3-1-5-18(23)15-19-6-2-4-8-24(19)25/h1-12,15,22H,13-14,16-17H2. The first kappa shape index (κ1) is 20.6. The molecule has 1 saturated heterocycles. The molecule has 1 aliphatic heterocycles. The molecule has 0 N–H and O–H groups in total. The van der Waals surface area contributed by atoms with E-state index in [1.807, 2.05) is 24.3 Å². The summed E-state index contributed by atoms with van der Waals surface area (Å²) in [6.45, 7) is 0.351. The van der Waals surface area contributed by atoms with Gasteiger partial charge in [-0.15, -0.1) is 0 Å². The summed E-state index contributed by atoms with van der Waals surface area (Å²) in [6, 6.07) is 23.3. The molecule has 0 aliphatic carbocycles. The third-order valence-corrected chi connectivity index (χ3v) is 8.36. The maximum absolute atomic E-state index is 13.1. The van der Waals surface area contributed by atoms with Crippen LogP contribution in [0.3, 0.4) is 0 Å². The molecule has 0 bridgehead atoms. The number of hydrogen-bond donors (Lipinski definition) is 0. The van der Waals surface area contributed by atoms with Crippen LogP contribution in [0, 0.1) is 5.82 Å². The van der Waals surface area contributed by atoms with Gasteiger partial charge in [-0.25, -0.2) is 12.8 Å². The zero-order valence-corrected chi connectivity index (χ0v) is 18.2. The summed E-state index contributed by atoms with van der Waals surface area (Å²) in [5.41, 5.74) is 1.14. The molecule has 1 aliphatic rings. The van der Waals surface area contributed by atoms with E-state index in [2.05, 4.69) is 30.3 Å². The number of benzene rings is 4. The summed E-state index contributed by atoms with van der Waals surface area (Å²) in [4.78, 5) is 14.5. The molecular formula is C26H22FNO3S. The number of likely N-dealkylation sites (tertiary alicyclic amines) is 1. The maximum atomic E-state index is 13.1. The number of hydrogen-bond acceptors (Lipinski definition) is 3. The molecule has 5 rings (SSSR count). The Kier molecular flexibility index (Phi) is 5.18. The molecule has 0 spiro atoms. The summed E-state index contributed by atoms with van der Waals surface area (Å²) in [5, 5.41) is 3.92. The molecule has 162 valence electrons. The Bertz CT molecular complexity index is 1370. The fourth-order valence-electron chi connectivity index (χ4n) is 4.42. The van der Waals surface area contributed by atoms with Crippen LogP contribution in [0.4, 0.5) is 4.39 Å². The number of halogens is 1. The van der Waals surface area contributed by atoms with E-state index in [-0.39, 0.29) is 23.9 Å². The van der Waals surface area contributed by atoms with Crippen molar-refractivity contribution >= 4 is 37.3 Å². The Morgan fingerprint density at radius 2 is 1.44 bits per heavy atom. The minimum absolute atomic E-state index is 0.0485. The Labute approximate surface area is 186 Å². The molecule has 0 atom stereocenters. The van der Waals surface area contributed by atoms with Crippen molar-refractivity contribution in [1.82, 2.24) is 4.90 Å². The van der Waals surface area contributed by atoms with Crippen LogP contribution in [0.1, 0.15) is 12.0 Å². The summed E-state index contributed by atoms with van der Waals surface area (Å²) < 4.78 is 38.5. The number of carbonyl (C=O) groups excluding carboxylic acids is 1. The molecule has 0 saturated carbocycles. The van der Waals surface area contributed by atoms with E-state index in [4.69, 9.17) is 0 Å². The average Bonchev–Trinajstić information content (AvgIpc) is 2.75. The topological polar surface area (TPSA) is 54.5 Å². The number of fused-ring (bicyclic) bond motifs is 2. The van der Waals surface area contributed by atoms with Crippen LogP contribution in [-0.2, 0) is 21.1 Å². The molecule has 32 heavy (non-hydrogen) atoms. The van der Waals surface area contributed by atoms with Crippen molar-refractivity contribution in [2.45, 2.75) is 23.0 Å². The van der Waals surface area contributed by atoms with Gasteiger partial charge in [0.2, 0.25) is 5.91 Å². The summed E-state index contributed by atoms with van der Waals surface area (Å²) in [7, 11) is -3.57. The van der Waals surface area contributed by atoms with Crippen LogP contribution in [0.15, 0.2) is 83.8 Å². The van der Waals surface area contributed by atoms with Gasteiger partial charge in [0.05, 0.1) is 4.90 Å². The van der Waals surface area contributed by atoms with E-state index >= 15 is 0 Å². The van der Waals surface area contributed by atoms with Gasteiger partial charge in [0.1, 0.15) is 11.1 Å². The zero-order valence-electron chi connectivity index (χ0n) is 17.4. The molecule has 4 nitrogen and oxygen atoms in total. The van der Waals surface area contributed by atoms with Crippen LogP contribution in [-0.4, -0.2) is 37.6 Å². The molecule has 6 heteroatoms. The lowest BCUT2D eigenvalue weighted by atomic mass is 9.93. The van der Waals surface area contributed by atoms with Gasteiger partial charge in [-0.3, -0.25) is 4.79 Å². The second kappa shape index (κ2) is 8.02. The van der Waals surface area contributed by atoms with E-state index in [1.54, 1.807) is 4.90 Å². The molecule has 0 unspecified atom stereocenters. The molecule has 0 radical (unpaired) electrons. The minimum atomic E-state index is -3.57. The third kappa shape index (κ3) is 3.65. The second-order valence-corrected chi connectivity index (χ2v) is 10.4. The van der Waals surface area contributed by atoms with E-state index in [0.29, 0.717) is 12.8 Å². The Morgan fingerprint density at radius 1 is 0.875 bits per heavy atom. The lowest BCUT2D eigenvalue weighted by molar-refractivity contribution is -0.134. The highest BCUT2D eigenvalue weighted by atomic mass is 32.2. The average molecular weight is 448 g/mol. The zero-order chi connectivity index (χ0) is 22.3. The summed E-state index contributed by atoms with van der Waals surface area (Å²) in [5.74, 6) is -0.525. The number of nitrogens with zero attached hydrogens (tertiary/aromatic N) is 1. The van der Waals surface area contributed by atoms with Crippen molar-refractivity contribution in [3.63, 3.8) is 0 Å². The predicted octanol–water partition coefficient (Wildman–Crippen LogP) is 4.75. The largest absolute Gasteiger partial charge is 0.340 e. The van der Waals surface area contributed by atoms with Crippen LogP contribution in [0.25, 0.3) is 21.5 Å². The van der Waals surface area contributed by atoms with Gasteiger partial charge in [0.25, 0.3) is 0 Å². The molecule has 4 aromatic carbocycles. The van der Waals surface area contributed by atoms with Crippen molar-refractivity contribution < 1.29 is 17.6 Å². The lowest BCUT2D eigenvalue weighted by Gasteiger charge is -2.38. The van der Waals surface area contributed by atoms with Crippen LogP contribution in [0.5, 0.6) is 0 Å². The fraction of sp³-hybridized carbons (Fsp3) is 0.192. The first-order chi connectivity index (χ1) is 15.4. The van der Waals surface area contributed by atoms with Gasteiger partial charge in [-0.2, -0.15) is 0 Å². The number of carbonyl (C=O) groups is 1. The van der Waals surface area contributed by atoms with Crippen LogP contribution < -0.4 is 0 Å². The highest BCUT2D eigenvalue weighted by molar-refractivity contribution is 7.92. The molecule has 4 aromatic rings. The second-order valence-electron chi connectivity index (χ2n) is 8.22. The molecular weight excluding hydrogens is 425 g/mol. The summed E-state index contributed by atoms with van der Waals surface area (Å²) >= 11 is 0. The van der Waals surface area contributed by atoms with Crippen molar-refractivity contribution in [2.75, 3.05) is 13.1 Å². The van der Waals surface area contributed by atoms with Crippen molar-refractivity contribution in [2.24, 2.45) is 0 Å². The monoisotopic (exact) mass is 447 g/mol. The quantitative estimate of drug-likeness (QED) is 0.328. The molecule has 1 fully saturated rings. The Balaban J connectivity index is 1.30. The van der Waals surface area contributed by atoms with Crippen molar-refractivity contribution in [1.29, 1.82) is 0 Å². The predicted molar refractivity (Wildman–Crippen MR) is 124 cm³/mol. The number of amides is 1. The van der Waals surface area contributed by atoms with Crippen molar-refractivity contribution in [3.8, 4) is 0 Å². The highest BCUT2D eigenvalue weighted by Gasteiger charge is 2.40. The van der Waals surface area contributed by atoms with Crippen LogP contribution >= 0.6 is 0 Å². The van der Waals surface area contributed by atoms with Gasteiger partial charge in [-0.05, 0) is 63.9 Å². The van der Waals surface area contributed by atoms with Gasteiger partial charge in [0, 0.05) is 19.5 Å². The number of aryl methyl sites for hydroxylation is 1. The molecule has 0 aromatic heterocycles. The van der Waals surface area contributed by atoms with Gasteiger partial charge >= 0.3 is 0 Å². The van der Waals surface area contributed by atoms with E-state index < -0.39 is 20.9 Å². The Hall–Kier alpha value is -3.25. The van der Waals surface area contributed by atoms with Gasteiger partial charge in [-0.1, -0.05) is 48.5 Å². The third-order valence-electron chi connectivity index (χ3n) is 6.25. The molecule has 1 amide bonds. The minimum Gasteiger partial charge on any atom is -0.340 e. The van der Waals surface area contributed by atoms with E-state index in [0.717, 1.165) is 39.2 Å². The first-order valence-corrected chi connectivity index (χ1v) is 12.1.